The molecule has 0 spiro atoms. The number of aryl methyl sites for hydroxylation is 1. The van der Waals surface area contributed by atoms with Crippen LogP contribution in [0.5, 0.6) is 0 Å². The molecule has 1 saturated heterocycles. The highest BCUT2D eigenvalue weighted by atomic mass is 16.5. The summed E-state index contributed by atoms with van der Waals surface area (Å²) in [6, 6.07) is 14.0. The normalized spacial score (nSPS) is 18.1. The second-order valence-corrected chi connectivity index (χ2v) is 9.45. The van der Waals surface area contributed by atoms with Crippen LogP contribution < -0.4 is 16.6 Å². The van der Waals surface area contributed by atoms with Gasteiger partial charge in [-0.3, -0.25) is 19.1 Å². The minimum atomic E-state index is -1.23. The molecule has 1 fully saturated rings. The van der Waals surface area contributed by atoms with Crippen LogP contribution in [0.15, 0.2) is 64.3 Å². The summed E-state index contributed by atoms with van der Waals surface area (Å²) >= 11 is 0. The molecule has 38 heavy (non-hydrogen) atoms. The molecule has 3 aromatic rings. The van der Waals surface area contributed by atoms with Crippen LogP contribution in [0.25, 0.3) is 11.1 Å². The van der Waals surface area contributed by atoms with Crippen LogP contribution in [-0.4, -0.2) is 63.3 Å². The number of benzene rings is 2. The van der Waals surface area contributed by atoms with Crippen LogP contribution >= 0.6 is 0 Å². The Morgan fingerprint density at radius 2 is 1.68 bits per heavy atom. The van der Waals surface area contributed by atoms with E-state index in [0.29, 0.717) is 0 Å². The van der Waals surface area contributed by atoms with Crippen molar-refractivity contribution in [1.82, 2.24) is 19.8 Å². The lowest BCUT2D eigenvalue weighted by atomic mass is 9.98. The molecular weight excluding hydrogens is 492 g/mol. The van der Waals surface area contributed by atoms with Crippen LogP contribution in [-0.2, 0) is 14.3 Å². The van der Waals surface area contributed by atoms with Gasteiger partial charge in [-0.2, -0.15) is 0 Å². The Bertz CT molecular complexity index is 1500. The number of carboxylic acids is 1. The fraction of sp³-hybridized carbons (Fsp3) is 0.296. The summed E-state index contributed by atoms with van der Waals surface area (Å²) in [6.07, 6.45) is 0.542. The second-order valence-electron chi connectivity index (χ2n) is 9.45. The fourth-order valence-corrected chi connectivity index (χ4v) is 5.28. The van der Waals surface area contributed by atoms with Crippen molar-refractivity contribution in [3.8, 4) is 11.1 Å². The Morgan fingerprint density at radius 3 is 2.32 bits per heavy atom. The van der Waals surface area contributed by atoms with Crippen molar-refractivity contribution in [3.63, 3.8) is 0 Å². The van der Waals surface area contributed by atoms with Gasteiger partial charge in [-0.05, 0) is 29.2 Å². The maximum absolute atomic E-state index is 12.9. The highest BCUT2D eigenvalue weighted by Crippen LogP contribution is 2.44. The van der Waals surface area contributed by atoms with Gasteiger partial charge in [0, 0.05) is 30.6 Å². The van der Waals surface area contributed by atoms with Crippen molar-refractivity contribution in [2.75, 3.05) is 19.7 Å². The van der Waals surface area contributed by atoms with Crippen LogP contribution in [0.4, 0.5) is 4.79 Å². The first-order valence-corrected chi connectivity index (χ1v) is 12.2. The zero-order valence-electron chi connectivity index (χ0n) is 20.5. The SMILES string of the molecule is Cc1cn([C@@H]2C[C@H](C(=O)O)N(C(=O)CNC(=O)OCC3c4ccccc4-c4ccccc43)C2)c(=O)[nH]c1=O. The maximum Gasteiger partial charge on any atom is 0.407 e. The van der Waals surface area contributed by atoms with E-state index in [1.807, 2.05) is 48.5 Å². The van der Waals surface area contributed by atoms with Gasteiger partial charge < -0.3 is 20.1 Å². The lowest BCUT2D eigenvalue weighted by Gasteiger charge is -2.21. The molecule has 2 aromatic carbocycles. The van der Waals surface area contributed by atoms with Crippen molar-refractivity contribution in [2.45, 2.75) is 31.3 Å². The molecule has 0 unspecified atom stereocenters. The molecular formula is C27H26N4O7. The largest absolute Gasteiger partial charge is 0.480 e. The topological polar surface area (TPSA) is 151 Å². The number of carbonyl (C=O) groups excluding carboxylic acids is 2. The highest BCUT2D eigenvalue weighted by Gasteiger charge is 2.41. The number of nitrogens with zero attached hydrogens (tertiary/aromatic N) is 2. The second kappa shape index (κ2) is 10.0. The number of carbonyl (C=O) groups is 3. The smallest absolute Gasteiger partial charge is 0.407 e. The summed E-state index contributed by atoms with van der Waals surface area (Å²) in [7, 11) is 0. The Balaban J connectivity index is 1.21. The van der Waals surface area contributed by atoms with Gasteiger partial charge in [0.1, 0.15) is 19.2 Å². The minimum Gasteiger partial charge on any atom is -0.480 e. The average Bonchev–Trinajstić information content (AvgIpc) is 3.49. The monoisotopic (exact) mass is 518 g/mol. The standard InChI is InChI=1S/C27H26N4O7/c1-15-12-30(26(36)29-24(15)33)16-10-22(25(34)35)31(13-16)23(32)11-28-27(37)38-14-21-19-8-4-2-6-17(19)18-7-3-5-9-20(18)21/h2-9,12,16,21-22H,10-11,13-14H2,1H3,(H,28,37)(H,34,35)(H,29,33,36)/t16-,22-/m1/s1. The van der Waals surface area contributed by atoms with E-state index in [4.69, 9.17) is 4.74 Å². The van der Waals surface area contributed by atoms with Gasteiger partial charge in [0.2, 0.25) is 5.91 Å². The summed E-state index contributed by atoms with van der Waals surface area (Å²) < 4.78 is 6.68. The molecule has 1 aliphatic carbocycles. The number of aliphatic carboxylic acids is 1. The third-order valence-electron chi connectivity index (χ3n) is 7.15. The first kappa shape index (κ1) is 25.0. The molecule has 2 aliphatic rings. The first-order chi connectivity index (χ1) is 18.2. The average molecular weight is 519 g/mol. The quantitative estimate of drug-likeness (QED) is 0.449. The maximum atomic E-state index is 12.9. The number of aromatic amines is 1. The van der Waals surface area contributed by atoms with E-state index in [0.717, 1.165) is 27.2 Å². The predicted octanol–water partition coefficient (Wildman–Crippen LogP) is 1.61. The van der Waals surface area contributed by atoms with Gasteiger partial charge >= 0.3 is 17.8 Å². The number of nitrogens with one attached hydrogen (secondary N) is 2. The molecule has 5 rings (SSSR count). The first-order valence-electron chi connectivity index (χ1n) is 12.2. The third kappa shape index (κ3) is 4.58. The molecule has 11 nitrogen and oxygen atoms in total. The van der Waals surface area contributed by atoms with E-state index in [2.05, 4.69) is 10.3 Å². The Morgan fingerprint density at radius 1 is 1.05 bits per heavy atom. The number of alkyl carbamates (subject to hydrolysis) is 1. The van der Waals surface area contributed by atoms with Gasteiger partial charge in [0.25, 0.3) is 5.56 Å². The van der Waals surface area contributed by atoms with Crippen LogP contribution in [0.3, 0.4) is 0 Å². The molecule has 1 aromatic heterocycles. The summed E-state index contributed by atoms with van der Waals surface area (Å²) in [5, 5.41) is 12.1. The van der Waals surface area contributed by atoms with E-state index in [9.17, 15) is 29.1 Å². The number of aromatic nitrogens is 2. The Hall–Kier alpha value is -4.67. The van der Waals surface area contributed by atoms with Crippen molar-refractivity contribution in [3.05, 3.63) is 92.3 Å². The van der Waals surface area contributed by atoms with Crippen molar-refractivity contribution >= 4 is 18.0 Å². The van der Waals surface area contributed by atoms with Crippen LogP contribution in [0, 0.1) is 6.92 Å². The number of carboxylic acid groups (broad SMARTS) is 1. The number of fused-ring (bicyclic) bond motifs is 3. The Kier molecular flexibility index (Phi) is 6.58. The van der Waals surface area contributed by atoms with Crippen molar-refractivity contribution in [2.24, 2.45) is 0 Å². The number of amides is 2. The highest BCUT2D eigenvalue weighted by molar-refractivity contribution is 5.87. The van der Waals surface area contributed by atoms with Gasteiger partial charge in [0.15, 0.2) is 0 Å². The Labute approximate surface area is 216 Å². The number of hydrogen-bond acceptors (Lipinski definition) is 6. The number of hydrogen-bond donors (Lipinski definition) is 3. The van der Waals surface area contributed by atoms with E-state index >= 15 is 0 Å². The van der Waals surface area contributed by atoms with Crippen molar-refractivity contribution in [1.29, 1.82) is 0 Å². The lowest BCUT2D eigenvalue weighted by molar-refractivity contribution is -0.147. The van der Waals surface area contributed by atoms with Gasteiger partial charge in [0.05, 0.1) is 6.04 Å². The number of H-pyrrole nitrogens is 1. The zero-order valence-corrected chi connectivity index (χ0v) is 20.5. The minimum absolute atomic E-state index is 0.0165. The van der Waals surface area contributed by atoms with E-state index in [-0.39, 0.29) is 31.1 Å². The molecule has 2 heterocycles. The molecule has 3 N–H and O–H groups in total. The lowest BCUT2D eigenvalue weighted by Crippen LogP contribution is -2.45. The third-order valence-corrected chi connectivity index (χ3v) is 7.15. The number of likely N-dealkylation sites (tertiary alicyclic amines) is 1. The van der Waals surface area contributed by atoms with Crippen molar-refractivity contribution < 1.29 is 24.2 Å². The molecule has 2 atom stereocenters. The van der Waals surface area contributed by atoms with E-state index < -0.39 is 47.8 Å². The summed E-state index contributed by atoms with van der Waals surface area (Å²) in [6.45, 7) is 1.08. The van der Waals surface area contributed by atoms with E-state index in [1.165, 1.54) is 17.7 Å². The molecule has 11 heteroatoms. The molecule has 2 amide bonds. The summed E-state index contributed by atoms with van der Waals surface area (Å²) in [5.41, 5.74) is 3.37. The number of rotatable bonds is 6. The summed E-state index contributed by atoms with van der Waals surface area (Å²) in [5.74, 6) is -1.99. The number of ether oxygens (including phenoxy) is 1. The molecule has 1 aliphatic heterocycles. The molecule has 0 bridgehead atoms. The predicted molar refractivity (Wildman–Crippen MR) is 136 cm³/mol. The molecule has 0 radical (unpaired) electrons. The van der Waals surface area contributed by atoms with Crippen LogP contribution in [0.2, 0.25) is 0 Å². The fourth-order valence-electron chi connectivity index (χ4n) is 5.28. The van der Waals surface area contributed by atoms with Crippen LogP contribution in [0.1, 0.15) is 35.1 Å². The van der Waals surface area contributed by atoms with Gasteiger partial charge in [-0.1, -0.05) is 48.5 Å². The molecule has 196 valence electrons. The molecule has 0 saturated carbocycles. The van der Waals surface area contributed by atoms with E-state index in [1.54, 1.807) is 0 Å². The van der Waals surface area contributed by atoms with Gasteiger partial charge in [-0.15, -0.1) is 0 Å². The zero-order chi connectivity index (χ0) is 27.0. The summed E-state index contributed by atoms with van der Waals surface area (Å²) in [4.78, 5) is 64.4. The van der Waals surface area contributed by atoms with Gasteiger partial charge in [-0.25, -0.2) is 14.4 Å².